The lowest BCUT2D eigenvalue weighted by Crippen LogP contribution is -2.21. The Morgan fingerprint density at radius 1 is 1.10 bits per heavy atom. The number of benzene rings is 1. The zero-order valence-electron chi connectivity index (χ0n) is 11.3. The SMILES string of the molecule is c1ccc2nc(O[C@H]3CCNC3)c(NC3CC3)nc2c1. The van der Waals surface area contributed by atoms with E-state index in [2.05, 4.69) is 20.6 Å². The van der Waals surface area contributed by atoms with E-state index in [9.17, 15) is 0 Å². The van der Waals surface area contributed by atoms with Gasteiger partial charge in [-0.15, -0.1) is 0 Å². The maximum Gasteiger partial charge on any atom is 0.258 e. The molecule has 4 rings (SSSR count). The number of nitrogens with zero attached hydrogens (tertiary/aromatic N) is 2. The Bertz CT molecular complexity index is 620. The van der Waals surface area contributed by atoms with E-state index in [4.69, 9.17) is 4.74 Å². The van der Waals surface area contributed by atoms with Crippen molar-refractivity contribution in [2.75, 3.05) is 18.4 Å². The van der Waals surface area contributed by atoms with Gasteiger partial charge in [-0.05, 0) is 37.9 Å². The van der Waals surface area contributed by atoms with Gasteiger partial charge in [-0.2, -0.15) is 0 Å². The maximum atomic E-state index is 6.04. The van der Waals surface area contributed by atoms with Crippen LogP contribution >= 0.6 is 0 Å². The predicted octanol–water partition coefficient (Wildman–Crippen LogP) is 1.94. The van der Waals surface area contributed by atoms with E-state index in [1.807, 2.05) is 24.3 Å². The Kier molecular flexibility index (Phi) is 2.92. The zero-order valence-corrected chi connectivity index (χ0v) is 11.3. The largest absolute Gasteiger partial charge is 0.470 e. The first-order valence-corrected chi connectivity index (χ1v) is 7.29. The van der Waals surface area contributed by atoms with Gasteiger partial charge in [-0.3, -0.25) is 0 Å². The van der Waals surface area contributed by atoms with Crippen molar-refractivity contribution in [3.05, 3.63) is 24.3 Å². The van der Waals surface area contributed by atoms with E-state index >= 15 is 0 Å². The standard InChI is InChI=1S/C15H18N4O/c1-2-4-13-12(3-1)18-14(17-10-5-6-10)15(19-13)20-11-7-8-16-9-11/h1-4,10-11,16H,5-9H2,(H,17,18)/t11-/m0/s1. The smallest absolute Gasteiger partial charge is 0.258 e. The molecule has 0 spiro atoms. The molecule has 5 heteroatoms. The van der Waals surface area contributed by atoms with E-state index in [1.165, 1.54) is 12.8 Å². The average Bonchev–Trinajstić information content (AvgIpc) is 3.13. The third-order valence-electron chi connectivity index (χ3n) is 3.75. The predicted molar refractivity (Wildman–Crippen MR) is 78.1 cm³/mol. The summed E-state index contributed by atoms with van der Waals surface area (Å²) in [4.78, 5) is 9.32. The lowest BCUT2D eigenvalue weighted by Gasteiger charge is -2.15. The highest BCUT2D eigenvalue weighted by Gasteiger charge is 2.25. The molecule has 0 bridgehead atoms. The number of fused-ring (bicyclic) bond motifs is 1. The highest BCUT2D eigenvalue weighted by Crippen LogP contribution is 2.30. The van der Waals surface area contributed by atoms with Gasteiger partial charge in [0.2, 0.25) is 0 Å². The Balaban J connectivity index is 1.69. The third-order valence-corrected chi connectivity index (χ3v) is 3.75. The first-order valence-electron chi connectivity index (χ1n) is 7.29. The monoisotopic (exact) mass is 270 g/mol. The number of hydrogen-bond acceptors (Lipinski definition) is 5. The van der Waals surface area contributed by atoms with Gasteiger partial charge in [0, 0.05) is 12.6 Å². The number of rotatable bonds is 4. The van der Waals surface area contributed by atoms with Crippen molar-refractivity contribution in [1.29, 1.82) is 0 Å². The number of para-hydroxylation sites is 2. The molecule has 0 radical (unpaired) electrons. The number of aromatic nitrogens is 2. The minimum Gasteiger partial charge on any atom is -0.470 e. The third kappa shape index (κ3) is 2.41. The van der Waals surface area contributed by atoms with Crippen LogP contribution in [-0.2, 0) is 0 Å². The molecule has 1 aliphatic heterocycles. The van der Waals surface area contributed by atoms with Crippen LogP contribution < -0.4 is 15.4 Å². The fraction of sp³-hybridized carbons (Fsp3) is 0.467. The molecule has 1 saturated heterocycles. The van der Waals surface area contributed by atoms with Gasteiger partial charge in [0.05, 0.1) is 11.0 Å². The Hall–Kier alpha value is -1.88. The second-order valence-electron chi connectivity index (χ2n) is 5.52. The van der Waals surface area contributed by atoms with Crippen LogP contribution in [0.4, 0.5) is 5.82 Å². The van der Waals surface area contributed by atoms with E-state index in [-0.39, 0.29) is 6.10 Å². The van der Waals surface area contributed by atoms with Gasteiger partial charge < -0.3 is 15.4 Å². The lowest BCUT2D eigenvalue weighted by molar-refractivity contribution is 0.215. The summed E-state index contributed by atoms with van der Waals surface area (Å²) in [6.07, 6.45) is 3.64. The molecule has 2 N–H and O–H groups in total. The first-order chi connectivity index (χ1) is 9.88. The summed E-state index contributed by atoms with van der Waals surface area (Å²) >= 11 is 0. The molecule has 0 amide bonds. The number of anilines is 1. The molecule has 1 aromatic heterocycles. The maximum absolute atomic E-state index is 6.04. The van der Waals surface area contributed by atoms with Crippen LogP contribution in [-0.4, -0.2) is 35.2 Å². The van der Waals surface area contributed by atoms with Crippen molar-refractivity contribution >= 4 is 16.9 Å². The molecular formula is C15H18N4O. The summed E-state index contributed by atoms with van der Waals surface area (Å²) in [7, 11) is 0. The number of nitrogens with one attached hydrogen (secondary N) is 2. The quantitative estimate of drug-likeness (QED) is 0.889. The second-order valence-corrected chi connectivity index (χ2v) is 5.52. The van der Waals surface area contributed by atoms with Crippen LogP contribution in [0.1, 0.15) is 19.3 Å². The van der Waals surface area contributed by atoms with Crippen LogP contribution in [0.5, 0.6) is 5.88 Å². The fourth-order valence-corrected chi connectivity index (χ4v) is 2.47. The summed E-state index contributed by atoms with van der Waals surface area (Å²) in [5.41, 5.74) is 1.79. The van der Waals surface area contributed by atoms with Gasteiger partial charge in [-0.1, -0.05) is 12.1 Å². The minimum absolute atomic E-state index is 0.199. The normalized spacial score (nSPS) is 22.1. The topological polar surface area (TPSA) is 59.1 Å². The van der Waals surface area contributed by atoms with Gasteiger partial charge in [-0.25, -0.2) is 9.97 Å². The van der Waals surface area contributed by atoms with Crippen LogP contribution in [0.3, 0.4) is 0 Å². The summed E-state index contributed by atoms with van der Waals surface area (Å²) in [5, 5.41) is 6.74. The van der Waals surface area contributed by atoms with E-state index in [1.54, 1.807) is 0 Å². The highest BCUT2D eigenvalue weighted by molar-refractivity contribution is 5.77. The lowest BCUT2D eigenvalue weighted by atomic mass is 10.3. The molecule has 0 unspecified atom stereocenters. The molecule has 1 aromatic carbocycles. The van der Waals surface area contributed by atoms with Crippen molar-refractivity contribution in [2.24, 2.45) is 0 Å². The van der Waals surface area contributed by atoms with Gasteiger partial charge in [0.1, 0.15) is 6.10 Å². The Morgan fingerprint density at radius 3 is 2.60 bits per heavy atom. The van der Waals surface area contributed by atoms with Gasteiger partial charge in [0.25, 0.3) is 5.88 Å². The molecule has 5 nitrogen and oxygen atoms in total. The van der Waals surface area contributed by atoms with E-state index in [0.29, 0.717) is 11.9 Å². The van der Waals surface area contributed by atoms with Crippen molar-refractivity contribution in [3.63, 3.8) is 0 Å². The van der Waals surface area contributed by atoms with Crippen LogP contribution in [0, 0.1) is 0 Å². The van der Waals surface area contributed by atoms with Crippen LogP contribution in [0.15, 0.2) is 24.3 Å². The van der Waals surface area contributed by atoms with Crippen molar-refractivity contribution in [1.82, 2.24) is 15.3 Å². The summed E-state index contributed by atoms with van der Waals surface area (Å²) in [5.74, 6) is 1.43. The molecule has 20 heavy (non-hydrogen) atoms. The molecule has 1 atom stereocenters. The van der Waals surface area contributed by atoms with Gasteiger partial charge in [0.15, 0.2) is 5.82 Å². The number of ether oxygens (including phenoxy) is 1. The van der Waals surface area contributed by atoms with E-state index in [0.717, 1.165) is 36.4 Å². The van der Waals surface area contributed by atoms with Crippen LogP contribution in [0.25, 0.3) is 11.0 Å². The summed E-state index contributed by atoms with van der Waals surface area (Å²) in [6.45, 7) is 1.90. The molecule has 104 valence electrons. The molecule has 1 saturated carbocycles. The Morgan fingerprint density at radius 2 is 1.90 bits per heavy atom. The minimum atomic E-state index is 0.199. The molecule has 2 aromatic rings. The summed E-state index contributed by atoms with van der Waals surface area (Å²) in [6, 6.07) is 8.46. The first kappa shape index (κ1) is 11.9. The Labute approximate surface area is 117 Å². The van der Waals surface area contributed by atoms with Crippen molar-refractivity contribution < 1.29 is 4.74 Å². The van der Waals surface area contributed by atoms with Crippen molar-refractivity contribution in [3.8, 4) is 5.88 Å². The second kappa shape index (κ2) is 4.90. The van der Waals surface area contributed by atoms with Crippen molar-refractivity contribution in [2.45, 2.75) is 31.4 Å². The van der Waals surface area contributed by atoms with Crippen LogP contribution in [0.2, 0.25) is 0 Å². The molecule has 2 heterocycles. The summed E-state index contributed by atoms with van der Waals surface area (Å²) < 4.78 is 6.04. The highest BCUT2D eigenvalue weighted by atomic mass is 16.5. The van der Waals surface area contributed by atoms with Gasteiger partial charge >= 0.3 is 0 Å². The zero-order chi connectivity index (χ0) is 13.4. The van der Waals surface area contributed by atoms with E-state index < -0.39 is 0 Å². The molecule has 2 aliphatic rings. The molecular weight excluding hydrogens is 252 g/mol. The molecule has 1 aliphatic carbocycles. The molecule has 2 fully saturated rings. The fourth-order valence-electron chi connectivity index (χ4n) is 2.47. The average molecular weight is 270 g/mol. The number of hydrogen-bond donors (Lipinski definition) is 2.